The fraction of sp³-hybridized carbons (Fsp3) is 0.750. The molecule has 0 atom stereocenters. The summed E-state index contributed by atoms with van der Waals surface area (Å²) in [5.74, 6) is -0.462. The summed E-state index contributed by atoms with van der Waals surface area (Å²) in [7, 11) is 0. The molecular formula is C8H15NO4. The van der Waals surface area contributed by atoms with Gasteiger partial charge in [-0.3, -0.25) is 4.79 Å². The first-order chi connectivity index (χ1) is 6.20. The second-order valence-electron chi connectivity index (χ2n) is 2.29. The van der Waals surface area contributed by atoms with Gasteiger partial charge in [-0.15, -0.1) is 0 Å². The molecular weight excluding hydrogens is 174 g/mol. The Bertz CT molecular complexity index is 170. The van der Waals surface area contributed by atoms with Gasteiger partial charge in [0.15, 0.2) is 0 Å². The number of rotatable bonds is 5. The van der Waals surface area contributed by atoms with E-state index >= 15 is 0 Å². The molecule has 13 heavy (non-hydrogen) atoms. The van der Waals surface area contributed by atoms with Crippen molar-refractivity contribution in [2.45, 2.75) is 20.3 Å². The summed E-state index contributed by atoms with van der Waals surface area (Å²) in [6, 6.07) is 0. The number of hydrogen-bond acceptors (Lipinski definition) is 4. The van der Waals surface area contributed by atoms with Crippen LogP contribution in [-0.4, -0.2) is 31.8 Å². The Hall–Kier alpha value is -1.26. The van der Waals surface area contributed by atoms with E-state index in [-0.39, 0.29) is 6.54 Å². The third-order valence-corrected chi connectivity index (χ3v) is 1.12. The maximum Gasteiger partial charge on any atom is 0.407 e. The van der Waals surface area contributed by atoms with Gasteiger partial charge in [0, 0.05) is 0 Å². The van der Waals surface area contributed by atoms with Crippen molar-refractivity contribution in [1.29, 1.82) is 0 Å². The van der Waals surface area contributed by atoms with Gasteiger partial charge >= 0.3 is 12.1 Å². The lowest BCUT2D eigenvalue weighted by molar-refractivity contribution is -0.141. The van der Waals surface area contributed by atoms with Crippen LogP contribution in [0.4, 0.5) is 4.79 Å². The summed E-state index contributed by atoms with van der Waals surface area (Å²) in [6.45, 7) is 4.11. The highest BCUT2D eigenvalue weighted by atomic mass is 16.6. The fourth-order valence-electron chi connectivity index (χ4n) is 0.602. The summed E-state index contributed by atoms with van der Waals surface area (Å²) in [4.78, 5) is 21.5. The topological polar surface area (TPSA) is 64.6 Å². The quantitative estimate of drug-likeness (QED) is 0.646. The van der Waals surface area contributed by atoms with Gasteiger partial charge in [-0.05, 0) is 13.3 Å². The number of hydrogen-bond donors (Lipinski definition) is 1. The Balaban J connectivity index is 3.40. The molecule has 0 aliphatic rings. The van der Waals surface area contributed by atoms with Gasteiger partial charge < -0.3 is 14.8 Å². The van der Waals surface area contributed by atoms with Crippen molar-refractivity contribution in [3.63, 3.8) is 0 Å². The first kappa shape index (κ1) is 11.7. The van der Waals surface area contributed by atoms with Crippen LogP contribution in [0.2, 0.25) is 0 Å². The highest BCUT2D eigenvalue weighted by Crippen LogP contribution is 1.82. The van der Waals surface area contributed by atoms with Crippen molar-refractivity contribution in [2.75, 3.05) is 19.8 Å². The van der Waals surface area contributed by atoms with Gasteiger partial charge in [0.1, 0.15) is 6.54 Å². The summed E-state index contributed by atoms with van der Waals surface area (Å²) < 4.78 is 9.25. The number of nitrogens with one attached hydrogen (secondary N) is 1. The van der Waals surface area contributed by atoms with Crippen LogP contribution in [0.3, 0.4) is 0 Å². The van der Waals surface area contributed by atoms with Crippen LogP contribution >= 0.6 is 0 Å². The predicted octanol–water partition coefficient (Wildman–Crippen LogP) is 0.686. The number of carbonyl (C=O) groups is 2. The maximum atomic E-state index is 10.8. The smallest absolute Gasteiger partial charge is 0.407 e. The van der Waals surface area contributed by atoms with E-state index in [9.17, 15) is 9.59 Å². The largest absolute Gasteiger partial charge is 0.465 e. The van der Waals surface area contributed by atoms with Crippen LogP contribution in [0.1, 0.15) is 20.3 Å². The van der Waals surface area contributed by atoms with Crippen molar-refractivity contribution in [3.05, 3.63) is 0 Å². The maximum absolute atomic E-state index is 10.8. The lowest BCUT2D eigenvalue weighted by Gasteiger charge is -2.04. The van der Waals surface area contributed by atoms with E-state index in [1.807, 2.05) is 6.92 Å². The molecule has 0 fully saturated rings. The van der Waals surface area contributed by atoms with Crippen LogP contribution in [0.5, 0.6) is 0 Å². The van der Waals surface area contributed by atoms with Crippen molar-refractivity contribution < 1.29 is 19.1 Å². The van der Waals surface area contributed by atoms with Crippen LogP contribution in [0.15, 0.2) is 0 Å². The molecule has 0 aliphatic heterocycles. The van der Waals surface area contributed by atoms with E-state index in [1.54, 1.807) is 6.92 Å². The Morgan fingerprint density at radius 1 is 1.23 bits per heavy atom. The molecule has 0 heterocycles. The molecule has 0 aromatic rings. The van der Waals surface area contributed by atoms with Gasteiger partial charge in [-0.2, -0.15) is 0 Å². The van der Waals surface area contributed by atoms with E-state index < -0.39 is 12.1 Å². The van der Waals surface area contributed by atoms with Crippen LogP contribution in [-0.2, 0) is 14.3 Å². The molecule has 5 nitrogen and oxygen atoms in total. The van der Waals surface area contributed by atoms with Crippen LogP contribution in [0.25, 0.3) is 0 Å². The lowest BCUT2D eigenvalue weighted by atomic mass is 10.5. The van der Waals surface area contributed by atoms with Gasteiger partial charge in [-0.25, -0.2) is 4.79 Å². The first-order valence-electron chi connectivity index (χ1n) is 4.27. The van der Waals surface area contributed by atoms with Crippen molar-refractivity contribution in [2.24, 2.45) is 0 Å². The minimum absolute atomic E-state index is 0.142. The monoisotopic (exact) mass is 189 g/mol. The average Bonchev–Trinajstić information content (AvgIpc) is 2.12. The Morgan fingerprint density at radius 3 is 2.46 bits per heavy atom. The molecule has 0 saturated carbocycles. The zero-order valence-corrected chi connectivity index (χ0v) is 7.96. The molecule has 76 valence electrons. The van der Waals surface area contributed by atoms with Gasteiger partial charge in [0.05, 0.1) is 13.2 Å². The molecule has 1 amide bonds. The van der Waals surface area contributed by atoms with Gasteiger partial charge in [-0.1, -0.05) is 6.92 Å². The number of carbonyl (C=O) groups excluding carboxylic acids is 2. The van der Waals surface area contributed by atoms with Crippen molar-refractivity contribution in [1.82, 2.24) is 5.32 Å². The molecule has 0 unspecified atom stereocenters. The number of amides is 1. The minimum atomic E-state index is -0.588. The molecule has 0 aromatic heterocycles. The second kappa shape index (κ2) is 7.39. The van der Waals surface area contributed by atoms with Crippen LogP contribution < -0.4 is 5.32 Å². The molecule has 5 heteroatoms. The van der Waals surface area contributed by atoms with Gasteiger partial charge in [0.25, 0.3) is 0 Å². The number of ether oxygens (including phenoxy) is 2. The first-order valence-corrected chi connectivity index (χ1v) is 4.27. The zero-order chi connectivity index (χ0) is 10.1. The Kier molecular flexibility index (Phi) is 6.68. The van der Waals surface area contributed by atoms with E-state index in [0.717, 1.165) is 6.42 Å². The summed E-state index contributed by atoms with van der Waals surface area (Å²) in [5.41, 5.74) is 0. The predicted molar refractivity (Wildman–Crippen MR) is 46.3 cm³/mol. The third kappa shape index (κ3) is 7.11. The Morgan fingerprint density at radius 2 is 1.92 bits per heavy atom. The standard InChI is InChI=1S/C8H15NO4/c1-3-5-13-8(11)9-6-7(10)12-4-2/h3-6H2,1-2H3,(H,9,11). The normalized spacial score (nSPS) is 9.08. The molecule has 0 saturated heterocycles. The molecule has 1 N–H and O–H groups in total. The third-order valence-electron chi connectivity index (χ3n) is 1.12. The highest BCUT2D eigenvalue weighted by molar-refractivity contribution is 5.77. The lowest BCUT2D eigenvalue weighted by Crippen LogP contribution is -2.31. The second-order valence-corrected chi connectivity index (χ2v) is 2.29. The molecule has 0 bridgehead atoms. The number of alkyl carbamates (subject to hydrolysis) is 1. The van der Waals surface area contributed by atoms with Crippen molar-refractivity contribution >= 4 is 12.1 Å². The van der Waals surface area contributed by atoms with Crippen LogP contribution in [0, 0.1) is 0 Å². The molecule has 0 aromatic carbocycles. The summed E-state index contributed by atoms with van der Waals surface area (Å²) in [5, 5.41) is 2.27. The minimum Gasteiger partial charge on any atom is -0.465 e. The molecule has 0 rings (SSSR count). The van der Waals surface area contributed by atoms with E-state index in [0.29, 0.717) is 13.2 Å². The van der Waals surface area contributed by atoms with E-state index in [2.05, 4.69) is 14.8 Å². The molecule has 0 aliphatic carbocycles. The average molecular weight is 189 g/mol. The number of esters is 1. The van der Waals surface area contributed by atoms with Crippen molar-refractivity contribution in [3.8, 4) is 0 Å². The molecule has 0 spiro atoms. The molecule has 0 radical (unpaired) electrons. The van der Waals surface area contributed by atoms with E-state index in [1.165, 1.54) is 0 Å². The Labute approximate surface area is 77.4 Å². The van der Waals surface area contributed by atoms with E-state index in [4.69, 9.17) is 0 Å². The fourth-order valence-corrected chi connectivity index (χ4v) is 0.602. The zero-order valence-electron chi connectivity index (χ0n) is 7.96. The highest BCUT2D eigenvalue weighted by Gasteiger charge is 2.05. The summed E-state index contributed by atoms with van der Waals surface area (Å²) >= 11 is 0. The SMILES string of the molecule is CCCOC(=O)NCC(=O)OCC. The summed E-state index contributed by atoms with van der Waals surface area (Å²) in [6.07, 6.45) is 0.169. The van der Waals surface area contributed by atoms with Gasteiger partial charge in [0.2, 0.25) is 0 Å².